The topological polar surface area (TPSA) is 76.7 Å². The lowest BCUT2D eigenvalue weighted by molar-refractivity contribution is -0.124. The minimum Gasteiger partial charge on any atom is -0.408 e. The van der Waals surface area contributed by atoms with Crippen molar-refractivity contribution in [2.75, 3.05) is 32.8 Å². The predicted molar refractivity (Wildman–Crippen MR) is 99.2 cm³/mol. The summed E-state index contributed by atoms with van der Waals surface area (Å²) in [6.07, 6.45) is 0. The monoisotopic (exact) mass is 361 g/mol. The van der Waals surface area contributed by atoms with Crippen molar-refractivity contribution in [3.8, 4) is 0 Å². The molecule has 1 fully saturated rings. The van der Waals surface area contributed by atoms with Crippen LogP contribution in [0.1, 0.15) is 26.8 Å². The fourth-order valence-electron chi connectivity index (χ4n) is 3.52. The van der Waals surface area contributed by atoms with E-state index in [2.05, 4.69) is 24.1 Å². The Morgan fingerprint density at radius 3 is 2.58 bits per heavy atom. The highest BCUT2D eigenvalue weighted by Crippen LogP contribution is 2.17. The van der Waals surface area contributed by atoms with Crippen molar-refractivity contribution in [1.82, 2.24) is 14.8 Å². The second-order valence-corrected chi connectivity index (χ2v) is 7.09. The summed E-state index contributed by atoms with van der Waals surface area (Å²) in [6.45, 7) is 9.78. The Labute approximate surface area is 152 Å². The average molecular weight is 361 g/mol. The van der Waals surface area contributed by atoms with Crippen LogP contribution in [0, 0.1) is 5.92 Å². The van der Waals surface area contributed by atoms with Gasteiger partial charge in [-0.2, -0.15) is 0 Å². The van der Waals surface area contributed by atoms with Crippen molar-refractivity contribution >= 4 is 17.0 Å². The number of nitrogens with one attached hydrogen (secondary N) is 1. The maximum absolute atomic E-state index is 12.7. The third-order valence-electron chi connectivity index (χ3n) is 5.06. The van der Waals surface area contributed by atoms with Crippen LogP contribution < -0.4 is 11.1 Å². The fourth-order valence-corrected chi connectivity index (χ4v) is 3.52. The number of para-hydroxylation sites is 2. The normalized spacial score (nSPS) is 18.2. The number of carbonyl (C=O) groups excluding carboxylic acids is 1. The van der Waals surface area contributed by atoms with E-state index < -0.39 is 11.8 Å². The molecule has 2 heterocycles. The number of aromatic nitrogens is 1. The van der Waals surface area contributed by atoms with Crippen LogP contribution in [0.2, 0.25) is 0 Å². The molecule has 1 saturated heterocycles. The predicted octanol–water partition coefficient (Wildman–Crippen LogP) is 1.63. The molecule has 0 bridgehead atoms. The molecule has 7 heteroatoms. The van der Waals surface area contributed by atoms with E-state index in [1.165, 1.54) is 4.57 Å². The third-order valence-corrected chi connectivity index (χ3v) is 5.06. The molecule has 1 N–H and O–H groups in total. The number of hydrogen-bond donors (Lipinski definition) is 1. The van der Waals surface area contributed by atoms with E-state index in [1.54, 1.807) is 25.1 Å². The summed E-state index contributed by atoms with van der Waals surface area (Å²) >= 11 is 0. The Balaban J connectivity index is 1.70. The molecule has 0 aliphatic carbocycles. The van der Waals surface area contributed by atoms with Crippen molar-refractivity contribution < 1.29 is 13.9 Å². The van der Waals surface area contributed by atoms with Crippen LogP contribution >= 0.6 is 0 Å². The van der Waals surface area contributed by atoms with Gasteiger partial charge >= 0.3 is 5.76 Å². The van der Waals surface area contributed by atoms with E-state index in [-0.39, 0.29) is 11.9 Å². The molecule has 7 nitrogen and oxygen atoms in total. The van der Waals surface area contributed by atoms with Gasteiger partial charge in [0.2, 0.25) is 5.91 Å². The van der Waals surface area contributed by atoms with Gasteiger partial charge in [-0.1, -0.05) is 26.0 Å². The van der Waals surface area contributed by atoms with Gasteiger partial charge in [0.1, 0.15) is 6.04 Å². The van der Waals surface area contributed by atoms with Crippen LogP contribution in [0.4, 0.5) is 0 Å². The molecule has 0 saturated carbocycles. The number of oxazole rings is 1. The van der Waals surface area contributed by atoms with Gasteiger partial charge in [-0.25, -0.2) is 4.79 Å². The number of hydrogen-bond acceptors (Lipinski definition) is 5. The van der Waals surface area contributed by atoms with Crippen molar-refractivity contribution in [3.05, 3.63) is 34.8 Å². The Morgan fingerprint density at radius 1 is 1.19 bits per heavy atom. The molecule has 1 aromatic carbocycles. The third kappa shape index (κ3) is 3.83. The highest BCUT2D eigenvalue weighted by atomic mass is 16.5. The second kappa shape index (κ2) is 8.05. The Bertz CT molecular complexity index is 804. The first-order chi connectivity index (χ1) is 12.5. The van der Waals surface area contributed by atoms with Gasteiger partial charge in [0, 0.05) is 25.7 Å². The van der Waals surface area contributed by atoms with E-state index in [4.69, 9.17) is 9.15 Å². The molecule has 1 aliphatic rings. The molecule has 142 valence electrons. The van der Waals surface area contributed by atoms with Crippen molar-refractivity contribution in [2.24, 2.45) is 5.92 Å². The van der Waals surface area contributed by atoms with Gasteiger partial charge < -0.3 is 14.5 Å². The van der Waals surface area contributed by atoms with Crippen LogP contribution in [-0.4, -0.2) is 54.3 Å². The number of ether oxygens (including phenoxy) is 1. The molecule has 1 aromatic heterocycles. The summed E-state index contributed by atoms with van der Waals surface area (Å²) in [4.78, 5) is 27.2. The molecular formula is C19H27N3O4. The van der Waals surface area contributed by atoms with Crippen LogP contribution in [-0.2, 0) is 9.53 Å². The molecule has 1 aliphatic heterocycles. The molecule has 3 rings (SSSR count). The zero-order valence-electron chi connectivity index (χ0n) is 15.6. The summed E-state index contributed by atoms with van der Waals surface area (Å²) in [6, 6.07) is 6.75. The van der Waals surface area contributed by atoms with Gasteiger partial charge in [0.25, 0.3) is 0 Å². The highest BCUT2D eigenvalue weighted by molar-refractivity contribution is 5.82. The molecule has 2 unspecified atom stereocenters. The summed E-state index contributed by atoms with van der Waals surface area (Å²) in [5.74, 6) is -0.291. The van der Waals surface area contributed by atoms with Crippen molar-refractivity contribution in [3.63, 3.8) is 0 Å². The zero-order valence-corrected chi connectivity index (χ0v) is 15.6. The van der Waals surface area contributed by atoms with Gasteiger partial charge in [0.05, 0.1) is 18.7 Å². The quantitative estimate of drug-likeness (QED) is 0.846. The Hall–Kier alpha value is -2.12. The van der Waals surface area contributed by atoms with E-state index >= 15 is 0 Å². The molecule has 1 amide bonds. The van der Waals surface area contributed by atoms with E-state index in [0.29, 0.717) is 23.6 Å². The minimum atomic E-state index is -0.636. The number of benzene rings is 1. The summed E-state index contributed by atoms with van der Waals surface area (Å²) in [5.41, 5.74) is 1.12. The first-order valence-corrected chi connectivity index (χ1v) is 9.18. The lowest BCUT2D eigenvalue weighted by Crippen LogP contribution is -2.51. The molecule has 2 aromatic rings. The first kappa shape index (κ1) is 18.7. The fraction of sp³-hybridized carbons (Fsp3) is 0.579. The largest absolute Gasteiger partial charge is 0.420 e. The number of nitrogens with zero attached hydrogens (tertiary/aromatic N) is 2. The summed E-state index contributed by atoms with van der Waals surface area (Å²) in [5, 5.41) is 3.02. The standard InChI is InChI=1S/C19H27N3O4/c1-13(2)16(21-8-10-25-11-9-21)12-20-18(23)14(3)22-15-6-4-5-7-17(15)26-19(22)24/h4-7,13-14,16H,8-12H2,1-3H3,(H,20,23). The number of rotatable bonds is 6. The Kier molecular flexibility index (Phi) is 5.78. The van der Waals surface area contributed by atoms with E-state index in [9.17, 15) is 9.59 Å². The number of morpholine rings is 1. The number of carbonyl (C=O) groups is 1. The molecule has 0 radical (unpaired) electrons. The lowest BCUT2D eigenvalue weighted by atomic mass is 10.0. The van der Waals surface area contributed by atoms with Gasteiger partial charge in [-0.15, -0.1) is 0 Å². The first-order valence-electron chi connectivity index (χ1n) is 9.18. The molecule has 2 atom stereocenters. The van der Waals surface area contributed by atoms with E-state index in [0.717, 1.165) is 26.3 Å². The zero-order chi connectivity index (χ0) is 18.7. The smallest absolute Gasteiger partial charge is 0.408 e. The van der Waals surface area contributed by atoms with Crippen LogP contribution in [0.3, 0.4) is 0 Å². The maximum atomic E-state index is 12.7. The molecule has 26 heavy (non-hydrogen) atoms. The molecular weight excluding hydrogens is 334 g/mol. The highest BCUT2D eigenvalue weighted by Gasteiger charge is 2.26. The lowest BCUT2D eigenvalue weighted by Gasteiger charge is -2.37. The summed E-state index contributed by atoms with van der Waals surface area (Å²) < 4.78 is 12.1. The van der Waals surface area contributed by atoms with Crippen LogP contribution in [0.15, 0.2) is 33.5 Å². The maximum Gasteiger partial charge on any atom is 0.420 e. The SMILES string of the molecule is CC(C)C(CNC(=O)C(C)n1c(=O)oc2ccccc21)N1CCOCC1. The van der Waals surface area contributed by atoms with Crippen LogP contribution in [0.5, 0.6) is 0 Å². The van der Waals surface area contributed by atoms with Crippen molar-refractivity contribution in [1.29, 1.82) is 0 Å². The van der Waals surface area contributed by atoms with Gasteiger partial charge in [0.15, 0.2) is 5.58 Å². The summed E-state index contributed by atoms with van der Waals surface area (Å²) in [7, 11) is 0. The number of amides is 1. The van der Waals surface area contributed by atoms with Crippen molar-refractivity contribution in [2.45, 2.75) is 32.9 Å². The number of fused-ring (bicyclic) bond motifs is 1. The van der Waals surface area contributed by atoms with E-state index in [1.807, 2.05) is 6.07 Å². The van der Waals surface area contributed by atoms with Gasteiger partial charge in [-0.05, 0) is 25.0 Å². The minimum absolute atomic E-state index is 0.183. The Morgan fingerprint density at radius 2 is 1.88 bits per heavy atom. The van der Waals surface area contributed by atoms with Gasteiger partial charge in [-0.3, -0.25) is 14.3 Å². The van der Waals surface area contributed by atoms with Crippen LogP contribution in [0.25, 0.3) is 11.1 Å². The average Bonchev–Trinajstić information content (AvgIpc) is 2.97. The molecule has 0 spiro atoms. The second-order valence-electron chi connectivity index (χ2n) is 7.09.